The minimum absolute atomic E-state index is 0.0313. The van der Waals surface area contributed by atoms with Crippen LogP contribution < -0.4 is 10.7 Å². The summed E-state index contributed by atoms with van der Waals surface area (Å²) in [5.41, 5.74) is 1.91. The van der Waals surface area contributed by atoms with E-state index < -0.39 is 5.91 Å². The number of rotatable bonds is 4. The lowest BCUT2D eigenvalue weighted by Crippen LogP contribution is -2.35. The third-order valence-electron chi connectivity index (χ3n) is 5.30. The number of piperidine rings is 1. The van der Waals surface area contributed by atoms with E-state index in [0.29, 0.717) is 16.5 Å². The molecule has 0 atom stereocenters. The van der Waals surface area contributed by atoms with Gasteiger partial charge in [0.2, 0.25) is 5.43 Å². The Kier molecular flexibility index (Phi) is 5.42. The van der Waals surface area contributed by atoms with Gasteiger partial charge in [-0.3, -0.25) is 14.4 Å². The summed E-state index contributed by atoms with van der Waals surface area (Å²) in [6.07, 6.45) is 4.70. The van der Waals surface area contributed by atoms with E-state index in [1.165, 1.54) is 12.6 Å². The van der Waals surface area contributed by atoms with Crippen LogP contribution in [0.3, 0.4) is 0 Å². The molecule has 0 spiro atoms. The first-order valence-electron chi connectivity index (χ1n) is 9.90. The molecule has 2 amide bonds. The van der Waals surface area contributed by atoms with Crippen molar-refractivity contribution in [2.24, 2.45) is 0 Å². The van der Waals surface area contributed by atoms with E-state index in [-0.39, 0.29) is 23.4 Å². The van der Waals surface area contributed by atoms with Crippen molar-refractivity contribution >= 4 is 22.7 Å². The molecular weight excluding hydrogens is 366 g/mol. The van der Waals surface area contributed by atoms with Gasteiger partial charge >= 0.3 is 0 Å². The minimum Gasteiger partial charge on any atom is -0.360 e. The number of carbonyl (C=O) groups excluding carboxylic acids is 2. The van der Waals surface area contributed by atoms with Crippen molar-refractivity contribution in [3.63, 3.8) is 0 Å². The van der Waals surface area contributed by atoms with Gasteiger partial charge in [0.25, 0.3) is 11.8 Å². The molecule has 3 aromatic rings. The molecule has 0 radical (unpaired) electrons. The van der Waals surface area contributed by atoms with Crippen LogP contribution in [0.15, 0.2) is 59.5 Å². The van der Waals surface area contributed by atoms with Gasteiger partial charge in [-0.25, -0.2) is 0 Å². The Bertz CT molecular complexity index is 1110. The Labute approximate surface area is 168 Å². The number of nitrogens with one attached hydrogen (secondary N) is 2. The van der Waals surface area contributed by atoms with E-state index >= 15 is 0 Å². The molecule has 6 nitrogen and oxygen atoms in total. The second-order valence-electron chi connectivity index (χ2n) is 7.31. The molecule has 6 heteroatoms. The van der Waals surface area contributed by atoms with Crippen LogP contribution in [0, 0.1) is 0 Å². The number of H-pyrrole nitrogens is 1. The summed E-state index contributed by atoms with van der Waals surface area (Å²) in [6.45, 7) is 1.83. The second-order valence-corrected chi connectivity index (χ2v) is 7.31. The highest BCUT2D eigenvalue weighted by Gasteiger charge is 2.18. The Balaban J connectivity index is 1.46. The zero-order valence-corrected chi connectivity index (χ0v) is 16.1. The normalized spacial score (nSPS) is 14.0. The lowest BCUT2D eigenvalue weighted by Gasteiger charge is -2.26. The zero-order chi connectivity index (χ0) is 20.2. The van der Waals surface area contributed by atoms with Gasteiger partial charge in [-0.15, -0.1) is 0 Å². The van der Waals surface area contributed by atoms with Crippen LogP contribution in [0.4, 0.5) is 0 Å². The summed E-state index contributed by atoms with van der Waals surface area (Å²) in [7, 11) is 0. The maximum Gasteiger partial charge on any atom is 0.257 e. The van der Waals surface area contributed by atoms with Crippen LogP contribution in [-0.4, -0.2) is 34.8 Å². The molecule has 29 heavy (non-hydrogen) atoms. The van der Waals surface area contributed by atoms with E-state index in [9.17, 15) is 14.4 Å². The highest BCUT2D eigenvalue weighted by molar-refractivity contribution is 5.97. The van der Waals surface area contributed by atoms with Gasteiger partial charge < -0.3 is 15.2 Å². The molecule has 2 heterocycles. The van der Waals surface area contributed by atoms with Crippen molar-refractivity contribution in [1.82, 2.24) is 15.2 Å². The summed E-state index contributed by atoms with van der Waals surface area (Å²) in [5, 5.41) is 3.26. The number of amides is 2. The molecule has 0 bridgehead atoms. The molecule has 1 fully saturated rings. The number of aromatic nitrogens is 1. The smallest absolute Gasteiger partial charge is 0.257 e. The van der Waals surface area contributed by atoms with Gasteiger partial charge in [-0.2, -0.15) is 0 Å². The third kappa shape index (κ3) is 4.06. The molecule has 0 unspecified atom stereocenters. The molecule has 2 aromatic carbocycles. The summed E-state index contributed by atoms with van der Waals surface area (Å²) >= 11 is 0. The van der Waals surface area contributed by atoms with Gasteiger partial charge in [-0.1, -0.05) is 24.3 Å². The molecule has 1 aliphatic rings. The van der Waals surface area contributed by atoms with E-state index in [2.05, 4.69) is 10.3 Å². The quantitative estimate of drug-likeness (QED) is 0.719. The third-order valence-corrected chi connectivity index (χ3v) is 5.30. The van der Waals surface area contributed by atoms with Gasteiger partial charge in [0.05, 0.1) is 0 Å². The Morgan fingerprint density at radius 2 is 1.79 bits per heavy atom. The Morgan fingerprint density at radius 1 is 1.00 bits per heavy atom. The average Bonchev–Trinajstić information content (AvgIpc) is 2.78. The van der Waals surface area contributed by atoms with Crippen LogP contribution in [0.1, 0.15) is 45.5 Å². The molecule has 2 N–H and O–H groups in total. The number of pyridine rings is 1. The van der Waals surface area contributed by atoms with Gasteiger partial charge in [-0.05, 0) is 49.1 Å². The maximum absolute atomic E-state index is 12.7. The number of aromatic amines is 1. The SMILES string of the molecule is O=C(NCc1cccc(C(=O)N2CCCCC2)c1)c1c[nH]c2ccccc2c1=O. The van der Waals surface area contributed by atoms with Gasteiger partial charge in [0.15, 0.2) is 0 Å². The van der Waals surface area contributed by atoms with Crippen LogP contribution in [0.5, 0.6) is 0 Å². The van der Waals surface area contributed by atoms with E-state index in [1.807, 2.05) is 29.2 Å². The molecule has 1 aliphatic heterocycles. The zero-order valence-electron chi connectivity index (χ0n) is 16.1. The summed E-state index contributed by atoms with van der Waals surface area (Å²) in [4.78, 5) is 42.7. The number of nitrogens with zero attached hydrogens (tertiary/aromatic N) is 1. The van der Waals surface area contributed by atoms with E-state index in [0.717, 1.165) is 31.5 Å². The van der Waals surface area contributed by atoms with Gasteiger partial charge in [0, 0.05) is 42.3 Å². The first-order valence-corrected chi connectivity index (χ1v) is 9.90. The largest absolute Gasteiger partial charge is 0.360 e. The number of hydrogen-bond donors (Lipinski definition) is 2. The monoisotopic (exact) mass is 389 g/mol. The summed E-state index contributed by atoms with van der Waals surface area (Å²) in [6, 6.07) is 14.4. The first-order chi connectivity index (χ1) is 14.1. The average molecular weight is 389 g/mol. The van der Waals surface area contributed by atoms with E-state index in [1.54, 1.807) is 24.3 Å². The predicted octanol–water partition coefficient (Wildman–Crippen LogP) is 3.08. The number of hydrogen-bond acceptors (Lipinski definition) is 3. The molecule has 4 rings (SSSR count). The molecule has 0 saturated carbocycles. The second kappa shape index (κ2) is 8.31. The van der Waals surface area contributed by atoms with Crippen molar-refractivity contribution in [2.45, 2.75) is 25.8 Å². The minimum atomic E-state index is -0.440. The predicted molar refractivity (Wildman–Crippen MR) is 112 cm³/mol. The van der Waals surface area contributed by atoms with Crippen molar-refractivity contribution in [3.8, 4) is 0 Å². The van der Waals surface area contributed by atoms with Gasteiger partial charge in [0.1, 0.15) is 5.56 Å². The first kappa shape index (κ1) is 18.9. The van der Waals surface area contributed by atoms with Crippen LogP contribution in [0.25, 0.3) is 10.9 Å². The lowest BCUT2D eigenvalue weighted by molar-refractivity contribution is 0.0724. The summed E-state index contributed by atoms with van der Waals surface area (Å²) in [5.74, 6) is -0.409. The number of fused-ring (bicyclic) bond motifs is 1. The molecule has 0 aliphatic carbocycles. The van der Waals surface area contributed by atoms with Crippen molar-refractivity contribution in [2.75, 3.05) is 13.1 Å². The maximum atomic E-state index is 12.7. The number of carbonyl (C=O) groups is 2. The highest BCUT2D eigenvalue weighted by atomic mass is 16.2. The fraction of sp³-hybridized carbons (Fsp3) is 0.261. The number of benzene rings is 2. The van der Waals surface area contributed by atoms with Crippen LogP contribution in [-0.2, 0) is 6.54 Å². The molecule has 148 valence electrons. The van der Waals surface area contributed by atoms with E-state index in [4.69, 9.17) is 0 Å². The van der Waals surface area contributed by atoms with Crippen molar-refractivity contribution < 1.29 is 9.59 Å². The number of para-hydroxylation sites is 1. The highest BCUT2D eigenvalue weighted by Crippen LogP contribution is 2.14. The summed E-state index contributed by atoms with van der Waals surface area (Å²) < 4.78 is 0. The molecule has 1 aromatic heterocycles. The molecular formula is C23H23N3O3. The lowest BCUT2D eigenvalue weighted by atomic mass is 10.1. The Hall–Kier alpha value is -3.41. The number of likely N-dealkylation sites (tertiary alicyclic amines) is 1. The topological polar surface area (TPSA) is 82.3 Å². The Morgan fingerprint density at radius 3 is 2.62 bits per heavy atom. The fourth-order valence-electron chi connectivity index (χ4n) is 3.71. The van der Waals surface area contributed by atoms with Crippen molar-refractivity contribution in [3.05, 3.63) is 81.6 Å². The molecule has 1 saturated heterocycles. The van der Waals surface area contributed by atoms with Crippen molar-refractivity contribution in [1.29, 1.82) is 0 Å². The van der Waals surface area contributed by atoms with Crippen LogP contribution >= 0.6 is 0 Å². The van der Waals surface area contributed by atoms with Crippen LogP contribution in [0.2, 0.25) is 0 Å². The standard InChI is InChI=1S/C23H23N3O3/c27-21-18-9-2-3-10-20(18)24-15-19(21)22(28)25-14-16-7-6-8-17(13-16)23(29)26-11-4-1-5-12-26/h2-3,6-10,13,15H,1,4-5,11-12,14H2,(H,24,27)(H,25,28). The fourth-order valence-corrected chi connectivity index (χ4v) is 3.71.